The molecule has 1 aromatic carbocycles. The molecular weight excluding hydrogens is 340 g/mol. The van der Waals surface area contributed by atoms with E-state index >= 15 is 0 Å². The van der Waals surface area contributed by atoms with Crippen LogP contribution in [0.4, 0.5) is 0 Å². The molecule has 0 aliphatic rings. The lowest BCUT2D eigenvalue weighted by Crippen LogP contribution is -2.44. The number of hydrogen-bond acceptors (Lipinski definition) is 3. The maximum atomic E-state index is 11.9. The van der Waals surface area contributed by atoms with Crippen LogP contribution in [0.5, 0.6) is 0 Å². The number of methoxy groups -OCH3 is 1. The topological polar surface area (TPSA) is 44.1 Å². The van der Waals surface area contributed by atoms with Gasteiger partial charge >= 0.3 is 5.97 Å². The van der Waals surface area contributed by atoms with Crippen molar-refractivity contribution >= 4 is 25.1 Å². The Balaban J connectivity index is 2.25. The summed E-state index contributed by atoms with van der Waals surface area (Å²) in [5.41, 5.74) is 3.58. The summed E-state index contributed by atoms with van der Waals surface area (Å²) in [5, 5.41) is 1.36. The minimum atomic E-state index is -1.80. The largest absolute Gasteiger partial charge is 0.465 e. The molecule has 0 saturated heterocycles. The molecule has 136 valence electrons. The molecule has 0 N–H and O–H groups in total. The Kier molecular flexibility index (Phi) is 4.52. The smallest absolute Gasteiger partial charge is 0.337 e. The van der Waals surface area contributed by atoms with Crippen LogP contribution < -0.4 is 0 Å². The van der Waals surface area contributed by atoms with Crippen LogP contribution in [-0.2, 0) is 4.74 Å². The van der Waals surface area contributed by atoms with E-state index in [0.717, 1.165) is 16.6 Å². The number of nitrogens with zero attached hydrogens (tertiary/aromatic N) is 2. The summed E-state index contributed by atoms with van der Waals surface area (Å²) in [6.45, 7) is 11.7. The standard InChI is InChI=1S/C21H26N2O2Si/c1-21(2,3)26(5,6)23-14-17(16-9-7-8-10-19(16)23)18-13-15(11-12-22-18)20(24)25-4/h7-14H,1-6H3. The van der Waals surface area contributed by atoms with E-state index < -0.39 is 8.24 Å². The van der Waals surface area contributed by atoms with E-state index in [1.807, 2.05) is 12.1 Å². The molecule has 0 radical (unpaired) electrons. The molecule has 0 aliphatic carbocycles. The van der Waals surface area contributed by atoms with E-state index in [1.54, 1.807) is 12.3 Å². The molecule has 4 nitrogen and oxygen atoms in total. The summed E-state index contributed by atoms with van der Waals surface area (Å²) in [6, 6.07) is 11.9. The fourth-order valence-electron chi connectivity index (χ4n) is 3.03. The third-order valence-corrected chi connectivity index (χ3v) is 10.9. The summed E-state index contributed by atoms with van der Waals surface area (Å²) in [6.07, 6.45) is 3.88. The number of aromatic nitrogens is 2. The zero-order valence-electron chi connectivity index (χ0n) is 16.3. The predicted molar refractivity (Wildman–Crippen MR) is 109 cm³/mol. The summed E-state index contributed by atoms with van der Waals surface area (Å²) in [5.74, 6) is -0.346. The van der Waals surface area contributed by atoms with Crippen molar-refractivity contribution < 1.29 is 9.53 Å². The number of fused-ring (bicyclic) bond motifs is 1. The first-order chi connectivity index (χ1) is 12.2. The van der Waals surface area contributed by atoms with E-state index in [0.29, 0.717) is 5.56 Å². The Morgan fingerprint density at radius 3 is 2.50 bits per heavy atom. The zero-order chi connectivity index (χ0) is 19.1. The molecule has 0 aliphatic heterocycles. The Morgan fingerprint density at radius 2 is 1.85 bits per heavy atom. The van der Waals surface area contributed by atoms with Gasteiger partial charge in [0.05, 0.1) is 18.4 Å². The highest BCUT2D eigenvalue weighted by molar-refractivity contribution is 6.79. The molecule has 0 amide bonds. The number of ether oxygens (including phenoxy) is 1. The van der Waals surface area contributed by atoms with Crippen molar-refractivity contribution in [2.75, 3.05) is 7.11 Å². The highest BCUT2D eigenvalue weighted by Crippen LogP contribution is 2.41. The van der Waals surface area contributed by atoms with Crippen molar-refractivity contribution in [2.24, 2.45) is 0 Å². The molecule has 0 spiro atoms. The molecular formula is C21H26N2O2Si. The fourth-order valence-corrected chi connectivity index (χ4v) is 5.00. The summed E-state index contributed by atoms with van der Waals surface area (Å²) in [7, 11) is -0.408. The Hall–Kier alpha value is -2.40. The average Bonchev–Trinajstić information content (AvgIpc) is 3.00. The highest BCUT2D eigenvalue weighted by Gasteiger charge is 2.38. The Morgan fingerprint density at radius 1 is 1.15 bits per heavy atom. The fraction of sp³-hybridized carbons (Fsp3) is 0.333. The van der Waals surface area contributed by atoms with E-state index in [2.05, 4.69) is 67.5 Å². The van der Waals surface area contributed by atoms with Crippen LogP contribution in [0.1, 0.15) is 31.1 Å². The van der Waals surface area contributed by atoms with Gasteiger partial charge in [-0.05, 0) is 23.2 Å². The molecule has 0 atom stereocenters. The van der Waals surface area contributed by atoms with E-state index in [1.165, 1.54) is 12.6 Å². The number of benzene rings is 1. The molecule has 0 bridgehead atoms. The van der Waals surface area contributed by atoms with Gasteiger partial charge in [-0.15, -0.1) is 0 Å². The quantitative estimate of drug-likeness (QED) is 0.464. The number of para-hydroxylation sites is 1. The second kappa shape index (κ2) is 6.40. The highest BCUT2D eigenvalue weighted by atomic mass is 28.3. The van der Waals surface area contributed by atoms with Gasteiger partial charge in [-0.3, -0.25) is 4.98 Å². The first-order valence-corrected chi connectivity index (χ1v) is 11.8. The van der Waals surface area contributed by atoms with Crippen molar-refractivity contribution in [2.45, 2.75) is 38.9 Å². The van der Waals surface area contributed by atoms with Gasteiger partial charge in [0.15, 0.2) is 8.24 Å². The Labute approximate surface area is 155 Å². The van der Waals surface area contributed by atoms with Crippen molar-refractivity contribution in [1.82, 2.24) is 9.22 Å². The molecule has 5 heteroatoms. The lowest BCUT2D eigenvalue weighted by atomic mass is 10.1. The first kappa shape index (κ1) is 18.4. The van der Waals surface area contributed by atoms with Gasteiger partial charge in [0.1, 0.15) is 0 Å². The van der Waals surface area contributed by atoms with Gasteiger partial charge in [0.25, 0.3) is 0 Å². The molecule has 2 heterocycles. The second-order valence-corrected chi connectivity index (χ2v) is 13.3. The van der Waals surface area contributed by atoms with Crippen molar-refractivity contribution in [3.63, 3.8) is 0 Å². The number of esters is 1. The van der Waals surface area contributed by atoms with Crippen LogP contribution >= 0.6 is 0 Å². The van der Waals surface area contributed by atoms with Gasteiger partial charge < -0.3 is 8.97 Å². The van der Waals surface area contributed by atoms with Gasteiger partial charge in [-0.1, -0.05) is 52.1 Å². The van der Waals surface area contributed by atoms with Crippen molar-refractivity contribution in [3.8, 4) is 11.3 Å². The lowest BCUT2D eigenvalue weighted by Gasteiger charge is -2.38. The monoisotopic (exact) mass is 366 g/mol. The number of rotatable bonds is 3. The average molecular weight is 367 g/mol. The van der Waals surface area contributed by atoms with Gasteiger partial charge in [-0.2, -0.15) is 0 Å². The summed E-state index contributed by atoms with van der Waals surface area (Å²) in [4.78, 5) is 16.4. The van der Waals surface area contributed by atoms with E-state index in [-0.39, 0.29) is 11.0 Å². The lowest BCUT2D eigenvalue weighted by molar-refractivity contribution is 0.0600. The molecule has 0 saturated carbocycles. The third-order valence-electron chi connectivity index (χ3n) is 5.61. The predicted octanol–water partition coefficient (Wildman–Crippen LogP) is 5.34. The number of hydrogen-bond donors (Lipinski definition) is 0. The van der Waals surface area contributed by atoms with Gasteiger partial charge in [0.2, 0.25) is 0 Å². The van der Waals surface area contributed by atoms with E-state index in [9.17, 15) is 4.79 Å². The molecule has 26 heavy (non-hydrogen) atoms. The van der Waals surface area contributed by atoms with Crippen LogP contribution in [-0.4, -0.2) is 30.5 Å². The molecule has 3 aromatic rings. The number of carbonyl (C=O) groups excluding carboxylic acids is 1. The van der Waals surface area contributed by atoms with Crippen LogP contribution in [0.2, 0.25) is 18.1 Å². The van der Waals surface area contributed by atoms with Crippen LogP contribution in [0.3, 0.4) is 0 Å². The normalized spacial score (nSPS) is 12.4. The molecule has 0 unspecified atom stereocenters. The SMILES string of the molecule is COC(=O)c1ccnc(-c2cn([Si](C)(C)C(C)(C)C)c3ccccc23)c1. The Bertz CT molecular complexity index is 968. The maximum Gasteiger partial charge on any atom is 0.337 e. The van der Waals surface area contributed by atoms with Crippen molar-refractivity contribution in [1.29, 1.82) is 0 Å². The van der Waals surface area contributed by atoms with Gasteiger partial charge in [0, 0.05) is 28.9 Å². The zero-order valence-corrected chi connectivity index (χ0v) is 17.3. The molecule has 3 rings (SSSR count). The molecule has 0 fully saturated rings. The van der Waals surface area contributed by atoms with E-state index in [4.69, 9.17) is 4.74 Å². The second-order valence-electron chi connectivity index (χ2n) is 8.16. The number of pyridine rings is 1. The summed E-state index contributed by atoms with van der Waals surface area (Å²) >= 11 is 0. The van der Waals surface area contributed by atoms with Gasteiger partial charge in [-0.25, -0.2) is 4.79 Å². The van der Waals surface area contributed by atoms with Crippen LogP contribution in [0.25, 0.3) is 22.2 Å². The summed E-state index contributed by atoms with van der Waals surface area (Å²) < 4.78 is 7.32. The van der Waals surface area contributed by atoms with Crippen LogP contribution in [0.15, 0.2) is 48.8 Å². The maximum absolute atomic E-state index is 11.9. The van der Waals surface area contributed by atoms with Crippen molar-refractivity contribution in [3.05, 3.63) is 54.4 Å². The number of carbonyl (C=O) groups is 1. The third kappa shape index (κ3) is 2.96. The first-order valence-electron chi connectivity index (χ1n) is 8.82. The minimum Gasteiger partial charge on any atom is -0.465 e. The molecule has 2 aromatic heterocycles. The van der Waals surface area contributed by atoms with Crippen LogP contribution in [0, 0.1) is 0 Å². The minimum absolute atomic E-state index is 0.202.